The first kappa shape index (κ1) is 19.7. The van der Waals surface area contributed by atoms with Gasteiger partial charge in [0.05, 0.1) is 0 Å². The molecule has 0 aliphatic carbocycles. The number of hydrogen-bond donors (Lipinski definition) is 1. The molecule has 26 heavy (non-hydrogen) atoms. The molecule has 0 fully saturated rings. The molecule has 1 heterocycles. The number of nitrogens with one attached hydrogen (secondary N) is 1. The SMILES string of the molecule is CCN(CC)c1ccc(NC(=O)c2ccnc(N(CC)CC)n2)c(C)c1. The lowest BCUT2D eigenvalue weighted by Gasteiger charge is -2.22. The maximum Gasteiger partial charge on any atom is 0.274 e. The average Bonchev–Trinajstić information content (AvgIpc) is 2.66. The predicted molar refractivity (Wildman–Crippen MR) is 108 cm³/mol. The van der Waals surface area contributed by atoms with Crippen molar-refractivity contribution in [3.05, 3.63) is 41.7 Å². The molecule has 0 aliphatic heterocycles. The van der Waals surface area contributed by atoms with E-state index in [-0.39, 0.29) is 5.91 Å². The molecule has 0 aliphatic rings. The summed E-state index contributed by atoms with van der Waals surface area (Å²) < 4.78 is 0. The minimum atomic E-state index is -0.223. The molecule has 0 radical (unpaired) electrons. The number of benzene rings is 1. The van der Waals surface area contributed by atoms with Gasteiger partial charge in [-0.05, 0) is 64.4 Å². The number of aromatic nitrogens is 2. The number of carbonyl (C=O) groups excluding carboxylic acids is 1. The van der Waals surface area contributed by atoms with Crippen molar-refractivity contribution in [3.8, 4) is 0 Å². The Morgan fingerprint density at radius 2 is 1.65 bits per heavy atom. The van der Waals surface area contributed by atoms with E-state index in [1.807, 2.05) is 37.8 Å². The summed E-state index contributed by atoms with van der Waals surface area (Å²) in [7, 11) is 0. The van der Waals surface area contributed by atoms with Crippen LogP contribution in [0, 0.1) is 6.92 Å². The Bertz CT molecular complexity index is 739. The third-order valence-corrected chi connectivity index (χ3v) is 4.51. The van der Waals surface area contributed by atoms with Gasteiger partial charge in [-0.2, -0.15) is 0 Å². The second kappa shape index (κ2) is 9.17. The smallest absolute Gasteiger partial charge is 0.274 e. The van der Waals surface area contributed by atoms with Crippen LogP contribution < -0.4 is 15.1 Å². The van der Waals surface area contributed by atoms with Gasteiger partial charge in [-0.15, -0.1) is 0 Å². The first-order valence-electron chi connectivity index (χ1n) is 9.28. The van der Waals surface area contributed by atoms with E-state index in [2.05, 4.69) is 40.1 Å². The van der Waals surface area contributed by atoms with E-state index in [1.165, 1.54) is 0 Å². The van der Waals surface area contributed by atoms with Gasteiger partial charge >= 0.3 is 0 Å². The third-order valence-electron chi connectivity index (χ3n) is 4.51. The van der Waals surface area contributed by atoms with Gasteiger partial charge in [-0.3, -0.25) is 4.79 Å². The monoisotopic (exact) mass is 355 g/mol. The van der Waals surface area contributed by atoms with Crippen molar-refractivity contribution in [1.29, 1.82) is 0 Å². The van der Waals surface area contributed by atoms with Crippen molar-refractivity contribution >= 4 is 23.2 Å². The van der Waals surface area contributed by atoms with Crippen LogP contribution in [0.5, 0.6) is 0 Å². The van der Waals surface area contributed by atoms with Crippen molar-refractivity contribution in [2.75, 3.05) is 41.3 Å². The van der Waals surface area contributed by atoms with Gasteiger partial charge in [0.15, 0.2) is 0 Å². The number of nitrogens with zero attached hydrogens (tertiary/aromatic N) is 4. The van der Waals surface area contributed by atoms with E-state index in [0.717, 1.165) is 43.1 Å². The van der Waals surface area contributed by atoms with Crippen LogP contribution in [0.25, 0.3) is 0 Å². The average molecular weight is 355 g/mol. The topological polar surface area (TPSA) is 61.4 Å². The molecule has 6 nitrogen and oxygen atoms in total. The summed E-state index contributed by atoms with van der Waals surface area (Å²) in [6.07, 6.45) is 1.63. The molecule has 0 saturated carbocycles. The molecule has 1 aromatic heterocycles. The van der Waals surface area contributed by atoms with E-state index < -0.39 is 0 Å². The minimum absolute atomic E-state index is 0.223. The molecule has 1 N–H and O–H groups in total. The van der Waals surface area contributed by atoms with Crippen molar-refractivity contribution in [3.63, 3.8) is 0 Å². The van der Waals surface area contributed by atoms with E-state index in [0.29, 0.717) is 11.6 Å². The highest BCUT2D eigenvalue weighted by molar-refractivity contribution is 6.03. The van der Waals surface area contributed by atoms with Gasteiger partial charge in [0, 0.05) is 43.8 Å². The van der Waals surface area contributed by atoms with Crippen LogP contribution in [-0.4, -0.2) is 42.1 Å². The van der Waals surface area contributed by atoms with Crippen LogP contribution in [0.15, 0.2) is 30.5 Å². The summed E-state index contributed by atoms with van der Waals surface area (Å²) in [5, 5.41) is 2.96. The Morgan fingerprint density at radius 3 is 2.23 bits per heavy atom. The fraction of sp³-hybridized carbons (Fsp3) is 0.450. The normalized spacial score (nSPS) is 10.5. The number of hydrogen-bond acceptors (Lipinski definition) is 5. The first-order chi connectivity index (χ1) is 12.5. The highest BCUT2D eigenvalue weighted by atomic mass is 16.1. The molecule has 0 unspecified atom stereocenters. The van der Waals surface area contributed by atoms with Crippen LogP contribution in [0.1, 0.15) is 43.7 Å². The summed E-state index contributed by atoms with van der Waals surface area (Å²) in [6, 6.07) is 7.73. The molecule has 0 atom stereocenters. The number of rotatable bonds is 8. The zero-order valence-electron chi connectivity index (χ0n) is 16.4. The van der Waals surface area contributed by atoms with Gasteiger partial charge < -0.3 is 15.1 Å². The maximum absolute atomic E-state index is 12.6. The van der Waals surface area contributed by atoms with E-state index >= 15 is 0 Å². The van der Waals surface area contributed by atoms with Gasteiger partial charge in [-0.1, -0.05) is 0 Å². The van der Waals surface area contributed by atoms with Crippen molar-refractivity contribution < 1.29 is 4.79 Å². The van der Waals surface area contributed by atoms with Gasteiger partial charge in [-0.25, -0.2) is 9.97 Å². The summed E-state index contributed by atoms with van der Waals surface area (Å²) >= 11 is 0. The van der Waals surface area contributed by atoms with Gasteiger partial charge in [0.2, 0.25) is 5.95 Å². The lowest BCUT2D eigenvalue weighted by molar-refractivity contribution is 0.102. The Hall–Kier alpha value is -2.63. The Morgan fingerprint density at radius 1 is 1.00 bits per heavy atom. The number of anilines is 3. The molecule has 1 aromatic carbocycles. The molecule has 2 rings (SSSR count). The Balaban J connectivity index is 2.18. The Labute approximate surface area is 156 Å². The number of aryl methyl sites for hydroxylation is 1. The molecule has 0 spiro atoms. The molecule has 2 aromatic rings. The van der Waals surface area contributed by atoms with Crippen LogP contribution in [-0.2, 0) is 0 Å². The lowest BCUT2D eigenvalue weighted by Crippen LogP contribution is -2.25. The van der Waals surface area contributed by atoms with Crippen molar-refractivity contribution in [1.82, 2.24) is 9.97 Å². The van der Waals surface area contributed by atoms with E-state index in [4.69, 9.17) is 0 Å². The summed E-state index contributed by atoms with van der Waals surface area (Å²) in [4.78, 5) is 25.6. The quantitative estimate of drug-likeness (QED) is 0.782. The molecule has 6 heteroatoms. The van der Waals surface area contributed by atoms with Gasteiger partial charge in [0.1, 0.15) is 5.69 Å². The predicted octanol–water partition coefficient (Wildman–Crippen LogP) is 3.73. The first-order valence-corrected chi connectivity index (χ1v) is 9.28. The van der Waals surface area contributed by atoms with E-state index in [1.54, 1.807) is 12.3 Å². The largest absolute Gasteiger partial charge is 0.372 e. The fourth-order valence-electron chi connectivity index (χ4n) is 2.89. The van der Waals surface area contributed by atoms with Crippen LogP contribution in [0.3, 0.4) is 0 Å². The molecular formula is C20H29N5O. The fourth-order valence-corrected chi connectivity index (χ4v) is 2.89. The molecule has 1 amide bonds. The molecular weight excluding hydrogens is 326 g/mol. The number of carbonyl (C=O) groups is 1. The number of amides is 1. The Kier molecular flexibility index (Phi) is 6.95. The van der Waals surface area contributed by atoms with Crippen LogP contribution in [0.2, 0.25) is 0 Å². The highest BCUT2D eigenvalue weighted by Gasteiger charge is 2.13. The zero-order valence-corrected chi connectivity index (χ0v) is 16.4. The van der Waals surface area contributed by atoms with Crippen molar-refractivity contribution in [2.45, 2.75) is 34.6 Å². The lowest BCUT2D eigenvalue weighted by atomic mass is 10.1. The molecule has 0 bridgehead atoms. The van der Waals surface area contributed by atoms with Gasteiger partial charge in [0.25, 0.3) is 5.91 Å². The minimum Gasteiger partial charge on any atom is -0.372 e. The third kappa shape index (κ3) is 4.50. The maximum atomic E-state index is 12.6. The second-order valence-electron chi connectivity index (χ2n) is 6.04. The molecule has 140 valence electrons. The highest BCUT2D eigenvalue weighted by Crippen LogP contribution is 2.23. The second-order valence-corrected chi connectivity index (χ2v) is 6.04. The summed E-state index contributed by atoms with van der Waals surface area (Å²) in [5.41, 5.74) is 3.36. The standard InChI is InChI=1S/C20H29N5O/c1-6-24(7-2)16-10-11-17(15(5)14-16)22-19(26)18-12-13-21-20(23-18)25(8-3)9-4/h10-14H,6-9H2,1-5H3,(H,22,26). The van der Waals surface area contributed by atoms with Crippen LogP contribution >= 0.6 is 0 Å². The van der Waals surface area contributed by atoms with Crippen molar-refractivity contribution in [2.24, 2.45) is 0 Å². The zero-order chi connectivity index (χ0) is 19.1. The summed E-state index contributed by atoms with van der Waals surface area (Å²) in [5.74, 6) is 0.357. The van der Waals surface area contributed by atoms with E-state index in [9.17, 15) is 4.79 Å². The summed E-state index contributed by atoms with van der Waals surface area (Å²) in [6.45, 7) is 13.9. The molecule has 0 saturated heterocycles. The van der Waals surface area contributed by atoms with Crippen LogP contribution in [0.4, 0.5) is 17.3 Å².